The van der Waals surface area contributed by atoms with Crippen molar-refractivity contribution in [3.63, 3.8) is 0 Å². The molecular weight excluding hydrogens is 647 g/mol. The summed E-state index contributed by atoms with van der Waals surface area (Å²) in [5, 5.41) is 2.06. The molecule has 0 unspecified atom stereocenters. The molecule has 6 rings (SSSR count). The quantitative estimate of drug-likeness (QED) is 0.100. The molecule has 2 bridgehead atoms. The van der Waals surface area contributed by atoms with E-state index in [1.807, 2.05) is 12.2 Å². The van der Waals surface area contributed by atoms with Crippen LogP contribution >= 0.6 is 39.1 Å². The molecule has 2 fully saturated rings. The van der Waals surface area contributed by atoms with E-state index in [0.29, 0.717) is 5.56 Å². The summed E-state index contributed by atoms with van der Waals surface area (Å²) in [7, 11) is 0. The van der Waals surface area contributed by atoms with Gasteiger partial charge >= 0.3 is 5.97 Å². The van der Waals surface area contributed by atoms with Gasteiger partial charge < -0.3 is 4.74 Å². The van der Waals surface area contributed by atoms with Crippen LogP contribution in [0.1, 0.15) is 37.5 Å². The summed E-state index contributed by atoms with van der Waals surface area (Å²) >= 11 is 15.5. The molecule has 0 N–H and O–H groups in total. The van der Waals surface area contributed by atoms with Crippen molar-refractivity contribution in [2.45, 2.75) is 6.42 Å². The van der Waals surface area contributed by atoms with Gasteiger partial charge in [-0.2, -0.15) is 5.01 Å². The van der Waals surface area contributed by atoms with Gasteiger partial charge in [-0.1, -0.05) is 51.3 Å². The van der Waals surface area contributed by atoms with Crippen LogP contribution in [-0.2, 0) is 9.59 Å². The molecule has 2 aliphatic carbocycles. The number of hydrogen-bond acceptors (Lipinski definition) is 6. The molecule has 1 saturated heterocycles. The van der Waals surface area contributed by atoms with Gasteiger partial charge in [0.15, 0.2) is 5.78 Å². The Hall–Kier alpha value is -3.79. The Bertz CT molecular complexity index is 1640. The predicted octanol–water partition coefficient (Wildman–Crippen LogP) is 6.02. The first-order chi connectivity index (χ1) is 20.1. The zero-order chi connectivity index (χ0) is 29.7. The lowest BCUT2D eigenvalue weighted by atomic mass is 9.85. The summed E-state index contributed by atoms with van der Waals surface area (Å²) in [6.45, 7) is -0.587. The van der Waals surface area contributed by atoms with Crippen molar-refractivity contribution in [2.24, 2.45) is 23.7 Å². The van der Waals surface area contributed by atoms with Gasteiger partial charge in [0.05, 0.1) is 27.4 Å². The van der Waals surface area contributed by atoms with E-state index in [2.05, 4.69) is 15.9 Å². The minimum atomic E-state index is -0.746. The van der Waals surface area contributed by atoms with E-state index in [9.17, 15) is 24.0 Å². The summed E-state index contributed by atoms with van der Waals surface area (Å²) in [6.07, 6.45) is 4.61. The molecule has 0 aromatic heterocycles. The van der Waals surface area contributed by atoms with E-state index < -0.39 is 47.9 Å². The van der Waals surface area contributed by atoms with Crippen LogP contribution < -0.4 is 4.74 Å². The topological polar surface area (TPSA) is 101 Å². The maximum Gasteiger partial charge on any atom is 0.343 e. The third-order valence-corrected chi connectivity index (χ3v) is 9.12. The summed E-state index contributed by atoms with van der Waals surface area (Å²) in [6, 6.07) is 16.6. The van der Waals surface area contributed by atoms with E-state index >= 15 is 0 Å². The number of imide groups is 1. The summed E-state index contributed by atoms with van der Waals surface area (Å²) < 4.78 is 6.21. The minimum absolute atomic E-state index is 0.0613. The number of carbonyl (C=O) groups is 5. The number of amides is 3. The van der Waals surface area contributed by atoms with E-state index in [0.717, 1.165) is 20.9 Å². The molecule has 8 nitrogen and oxygen atoms in total. The predicted molar refractivity (Wildman–Crippen MR) is 157 cm³/mol. The number of ketones is 1. The average molecular weight is 668 g/mol. The molecule has 1 aliphatic heterocycles. The van der Waals surface area contributed by atoms with E-state index in [1.165, 1.54) is 42.5 Å². The summed E-state index contributed by atoms with van der Waals surface area (Å²) in [5.41, 5.74) is 0.598. The van der Waals surface area contributed by atoms with Crippen LogP contribution in [0.15, 0.2) is 83.4 Å². The van der Waals surface area contributed by atoms with E-state index in [1.54, 1.807) is 24.3 Å². The highest BCUT2D eigenvalue weighted by Crippen LogP contribution is 2.52. The first-order valence-electron chi connectivity index (χ1n) is 13.1. The van der Waals surface area contributed by atoms with Crippen molar-refractivity contribution in [1.82, 2.24) is 10.0 Å². The second-order valence-corrected chi connectivity index (χ2v) is 12.1. The highest BCUT2D eigenvalue weighted by atomic mass is 79.9. The number of hydrogen-bond donors (Lipinski definition) is 0. The molecule has 11 heteroatoms. The van der Waals surface area contributed by atoms with Crippen molar-refractivity contribution < 1.29 is 28.7 Å². The van der Waals surface area contributed by atoms with Crippen LogP contribution in [0.25, 0.3) is 0 Å². The van der Waals surface area contributed by atoms with E-state index in [-0.39, 0.29) is 38.8 Å². The zero-order valence-corrected chi connectivity index (χ0v) is 24.8. The molecule has 4 atom stereocenters. The number of carbonyl (C=O) groups excluding carboxylic acids is 5. The van der Waals surface area contributed by atoms with Gasteiger partial charge in [0, 0.05) is 15.6 Å². The Labute approximate surface area is 258 Å². The van der Waals surface area contributed by atoms with Crippen molar-refractivity contribution in [3.8, 4) is 5.75 Å². The molecular formula is C31H21BrCl2N2O6. The Balaban J connectivity index is 1.24. The molecule has 3 aromatic carbocycles. The van der Waals surface area contributed by atoms with Crippen molar-refractivity contribution in [1.29, 1.82) is 0 Å². The van der Waals surface area contributed by atoms with Gasteiger partial charge in [-0.05, 0) is 85.0 Å². The zero-order valence-electron chi connectivity index (χ0n) is 21.7. The minimum Gasteiger partial charge on any atom is -0.423 e. The van der Waals surface area contributed by atoms with Crippen LogP contribution in [0.3, 0.4) is 0 Å². The maximum atomic E-state index is 13.7. The molecule has 1 saturated carbocycles. The average Bonchev–Trinajstić information content (AvgIpc) is 3.67. The number of halogens is 3. The first-order valence-corrected chi connectivity index (χ1v) is 14.6. The largest absolute Gasteiger partial charge is 0.423 e. The van der Waals surface area contributed by atoms with Crippen LogP contribution in [0.2, 0.25) is 10.0 Å². The lowest BCUT2D eigenvalue weighted by Crippen LogP contribution is -2.52. The number of esters is 1. The Morgan fingerprint density at radius 1 is 0.810 bits per heavy atom. The fourth-order valence-corrected chi connectivity index (χ4v) is 6.39. The second kappa shape index (κ2) is 11.1. The van der Waals surface area contributed by atoms with Crippen LogP contribution in [0, 0.1) is 23.7 Å². The van der Waals surface area contributed by atoms with Crippen LogP contribution in [0.5, 0.6) is 5.75 Å². The number of rotatable bonds is 7. The fraction of sp³-hybridized carbons (Fsp3) is 0.194. The Morgan fingerprint density at radius 2 is 1.38 bits per heavy atom. The standard InChI is InChI=1S/C31H21BrCl2N2O6/c32-21-8-3-17(4-9-21)31(41)42-22-10-5-16(6-11-22)25(37)15-35(28(38)20-7-12-23(33)24(34)14-20)36-29(39)26-18-1-2-19(13-18)27(26)30(36)40/h1-12,14,18-19,26-27H,13,15H2/t18-,19-,26+,27+/m0/s1. The first kappa shape index (κ1) is 28.3. The van der Waals surface area contributed by atoms with Crippen molar-refractivity contribution in [2.75, 3.05) is 6.54 Å². The number of nitrogens with zero attached hydrogens (tertiary/aromatic N) is 2. The number of Topliss-reactive ketones (excluding diaryl/α,β-unsaturated/α-hetero) is 1. The highest BCUT2D eigenvalue weighted by molar-refractivity contribution is 9.10. The molecule has 3 aromatic rings. The summed E-state index contributed by atoms with van der Waals surface area (Å²) in [5.74, 6) is -3.92. The van der Waals surface area contributed by atoms with Crippen LogP contribution in [-0.4, -0.2) is 46.0 Å². The maximum absolute atomic E-state index is 13.7. The molecule has 1 heterocycles. The van der Waals surface area contributed by atoms with Crippen molar-refractivity contribution in [3.05, 3.63) is 110 Å². The number of hydrazine groups is 1. The van der Waals surface area contributed by atoms with Crippen LogP contribution in [0.4, 0.5) is 0 Å². The number of ether oxygens (including phenoxy) is 1. The molecule has 212 valence electrons. The Morgan fingerprint density at radius 3 is 1.98 bits per heavy atom. The number of fused-ring (bicyclic) bond motifs is 5. The Kier molecular flexibility index (Phi) is 7.51. The lowest BCUT2D eigenvalue weighted by Gasteiger charge is -2.31. The molecule has 3 aliphatic rings. The molecule has 3 amide bonds. The molecule has 42 heavy (non-hydrogen) atoms. The molecule has 0 radical (unpaired) electrons. The molecule has 0 spiro atoms. The third kappa shape index (κ3) is 5.06. The lowest BCUT2D eigenvalue weighted by molar-refractivity contribution is -0.154. The van der Waals surface area contributed by atoms with Gasteiger partial charge in [-0.3, -0.25) is 19.2 Å². The van der Waals surface area contributed by atoms with Gasteiger partial charge in [-0.15, -0.1) is 0 Å². The summed E-state index contributed by atoms with van der Waals surface area (Å²) in [4.78, 5) is 66.7. The third-order valence-electron chi connectivity index (χ3n) is 7.85. The van der Waals surface area contributed by atoms with Crippen molar-refractivity contribution >= 4 is 68.6 Å². The number of benzene rings is 3. The highest BCUT2D eigenvalue weighted by Gasteiger charge is 2.61. The van der Waals surface area contributed by atoms with Gasteiger partial charge in [-0.25, -0.2) is 9.80 Å². The van der Waals surface area contributed by atoms with Gasteiger partial charge in [0.25, 0.3) is 17.7 Å². The van der Waals surface area contributed by atoms with E-state index in [4.69, 9.17) is 27.9 Å². The van der Waals surface area contributed by atoms with Gasteiger partial charge in [0.1, 0.15) is 12.3 Å². The fourth-order valence-electron chi connectivity index (χ4n) is 5.82. The number of allylic oxidation sites excluding steroid dienone is 2. The SMILES string of the molecule is O=C(CN(C(=O)c1ccc(Cl)c(Cl)c1)N1C(=O)[C@H]2[C@H](C1=O)[C@H]1C=C[C@H]2C1)c1ccc(OC(=O)c2ccc(Br)cc2)cc1. The van der Waals surface area contributed by atoms with Gasteiger partial charge in [0.2, 0.25) is 0 Å². The second-order valence-electron chi connectivity index (χ2n) is 10.3. The monoisotopic (exact) mass is 666 g/mol. The smallest absolute Gasteiger partial charge is 0.343 e. The normalized spacial score (nSPS) is 21.9.